The van der Waals surface area contributed by atoms with Crippen molar-refractivity contribution in [3.8, 4) is 0 Å². The molecule has 0 aromatic heterocycles. The summed E-state index contributed by atoms with van der Waals surface area (Å²) in [7, 11) is 0. The Bertz CT molecular complexity index is 464. The normalized spacial score (nSPS) is 17.6. The van der Waals surface area contributed by atoms with Gasteiger partial charge in [0.25, 0.3) is 0 Å². The predicted octanol–water partition coefficient (Wildman–Crippen LogP) is 1.87. The molecule has 2 N–H and O–H groups in total. The molecule has 1 aliphatic heterocycles. The predicted molar refractivity (Wildman–Crippen MR) is 66.5 cm³/mol. The number of carbonyl (C=O) groups is 2. The van der Waals surface area contributed by atoms with Crippen molar-refractivity contribution in [2.45, 2.75) is 26.7 Å². The lowest BCUT2D eigenvalue weighted by Crippen LogP contribution is -2.43. The van der Waals surface area contributed by atoms with Gasteiger partial charge in [-0.3, -0.25) is 9.59 Å². The van der Waals surface area contributed by atoms with Gasteiger partial charge in [0.1, 0.15) is 0 Å². The van der Waals surface area contributed by atoms with Crippen molar-refractivity contribution < 1.29 is 9.59 Å². The molecule has 0 bridgehead atoms. The van der Waals surface area contributed by atoms with Gasteiger partial charge in [0, 0.05) is 12.8 Å². The Morgan fingerprint density at radius 2 is 1.82 bits per heavy atom. The van der Waals surface area contributed by atoms with Gasteiger partial charge < -0.3 is 5.73 Å². The molecule has 1 aromatic rings. The number of imide groups is 1. The maximum Gasteiger partial charge on any atom is 0.234 e. The summed E-state index contributed by atoms with van der Waals surface area (Å²) < 4.78 is 0. The number of amides is 2. The Labute approximate surface area is 100 Å². The van der Waals surface area contributed by atoms with E-state index in [4.69, 9.17) is 5.73 Å². The smallest absolute Gasteiger partial charge is 0.234 e. The van der Waals surface area contributed by atoms with Crippen molar-refractivity contribution in [3.63, 3.8) is 0 Å². The standard InChI is InChI=1S/C13H16N2O2/c1-8-3-4-11(10(14)5-8)15-12(16)6-9(2)7-13(15)17/h3-5,9H,6-7,14H2,1-2H3. The second kappa shape index (κ2) is 4.20. The summed E-state index contributed by atoms with van der Waals surface area (Å²) in [6.07, 6.45) is 0.804. The Kier molecular flexibility index (Phi) is 2.88. The molecular formula is C13H16N2O2. The largest absolute Gasteiger partial charge is 0.397 e. The van der Waals surface area contributed by atoms with E-state index < -0.39 is 0 Å². The molecule has 1 aromatic carbocycles. The molecule has 1 saturated heterocycles. The van der Waals surface area contributed by atoms with Gasteiger partial charge in [0.05, 0.1) is 11.4 Å². The number of nitrogen functional groups attached to an aromatic ring is 1. The second-order valence-electron chi connectivity index (χ2n) is 4.70. The van der Waals surface area contributed by atoms with E-state index in [0.29, 0.717) is 24.2 Å². The van der Waals surface area contributed by atoms with Crippen molar-refractivity contribution in [2.75, 3.05) is 10.6 Å². The van der Waals surface area contributed by atoms with Crippen LogP contribution in [0.15, 0.2) is 18.2 Å². The molecule has 0 saturated carbocycles. The van der Waals surface area contributed by atoms with Gasteiger partial charge in [0.15, 0.2) is 0 Å². The number of nitrogens with two attached hydrogens (primary N) is 1. The average molecular weight is 232 g/mol. The van der Waals surface area contributed by atoms with Crippen molar-refractivity contribution in [1.29, 1.82) is 0 Å². The van der Waals surface area contributed by atoms with Gasteiger partial charge in [-0.2, -0.15) is 0 Å². The number of carbonyl (C=O) groups excluding carboxylic acids is 2. The first kappa shape index (κ1) is 11.6. The third-order valence-corrected chi connectivity index (χ3v) is 2.97. The molecule has 4 heteroatoms. The SMILES string of the molecule is Cc1ccc(N2C(=O)CC(C)CC2=O)c(N)c1. The Morgan fingerprint density at radius 3 is 2.35 bits per heavy atom. The summed E-state index contributed by atoms with van der Waals surface area (Å²) in [5, 5.41) is 0. The van der Waals surface area contributed by atoms with Crippen molar-refractivity contribution in [3.05, 3.63) is 23.8 Å². The molecular weight excluding hydrogens is 216 g/mol. The van der Waals surface area contributed by atoms with E-state index in [0.717, 1.165) is 5.56 Å². The van der Waals surface area contributed by atoms with Gasteiger partial charge in [0.2, 0.25) is 11.8 Å². The summed E-state index contributed by atoms with van der Waals surface area (Å²) in [6, 6.07) is 5.36. The van der Waals surface area contributed by atoms with E-state index in [9.17, 15) is 9.59 Å². The molecule has 0 aliphatic carbocycles. The summed E-state index contributed by atoms with van der Waals surface area (Å²) in [6.45, 7) is 3.83. The third-order valence-electron chi connectivity index (χ3n) is 2.97. The molecule has 1 fully saturated rings. The lowest BCUT2D eigenvalue weighted by atomic mass is 9.97. The first-order chi connectivity index (χ1) is 7.99. The highest BCUT2D eigenvalue weighted by Crippen LogP contribution is 2.30. The highest BCUT2D eigenvalue weighted by atomic mass is 16.2. The molecule has 1 heterocycles. The molecule has 0 unspecified atom stereocenters. The lowest BCUT2D eigenvalue weighted by Gasteiger charge is -2.29. The number of rotatable bonds is 1. The highest BCUT2D eigenvalue weighted by molar-refractivity contribution is 6.18. The van der Waals surface area contributed by atoms with E-state index in [1.54, 1.807) is 12.1 Å². The fourth-order valence-corrected chi connectivity index (χ4v) is 2.14. The first-order valence-electron chi connectivity index (χ1n) is 5.71. The second-order valence-corrected chi connectivity index (χ2v) is 4.70. The maximum absolute atomic E-state index is 11.9. The van der Waals surface area contributed by atoms with Crippen LogP contribution in [0.3, 0.4) is 0 Å². The topological polar surface area (TPSA) is 63.4 Å². The quantitative estimate of drug-likeness (QED) is 0.594. The van der Waals surface area contributed by atoms with Gasteiger partial charge in [-0.15, -0.1) is 0 Å². The Balaban J connectivity index is 2.38. The van der Waals surface area contributed by atoms with E-state index in [2.05, 4.69) is 0 Å². The molecule has 4 nitrogen and oxygen atoms in total. The van der Waals surface area contributed by atoms with Crippen LogP contribution in [-0.4, -0.2) is 11.8 Å². The van der Waals surface area contributed by atoms with Crippen LogP contribution in [0.2, 0.25) is 0 Å². The zero-order chi connectivity index (χ0) is 12.6. The van der Waals surface area contributed by atoms with Crippen LogP contribution in [0.25, 0.3) is 0 Å². The van der Waals surface area contributed by atoms with Gasteiger partial charge in [-0.1, -0.05) is 13.0 Å². The van der Waals surface area contributed by atoms with E-state index in [-0.39, 0.29) is 17.7 Å². The van der Waals surface area contributed by atoms with E-state index in [1.165, 1.54) is 4.90 Å². The number of aryl methyl sites for hydroxylation is 1. The lowest BCUT2D eigenvalue weighted by molar-refractivity contribution is -0.130. The molecule has 0 atom stereocenters. The number of hydrogen-bond acceptors (Lipinski definition) is 3. The van der Waals surface area contributed by atoms with Crippen molar-refractivity contribution in [2.24, 2.45) is 5.92 Å². The summed E-state index contributed by atoms with van der Waals surface area (Å²) in [4.78, 5) is 25.0. The number of nitrogens with zero attached hydrogens (tertiary/aromatic N) is 1. The van der Waals surface area contributed by atoms with E-state index in [1.807, 2.05) is 19.9 Å². The minimum atomic E-state index is -0.163. The molecule has 0 radical (unpaired) electrons. The minimum absolute atomic E-state index is 0.123. The fourth-order valence-electron chi connectivity index (χ4n) is 2.14. The van der Waals surface area contributed by atoms with Gasteiger partial charge >= 0.3 is 0 Å². The van der Waals surface area contributed by atoms with Crippen LogP contribution in [-0.2, 0) is 9.59 Å². The number of benzene rings is 1. The summed E-state index contributed by atoms with van der Waals surface area (Å²) in [5.41, 5.74) is 7.86. The zero-order valence-electron chi connectivity index (χ0n) is 10.1. The van der Waals surface area contributed by atoms with Crippen LogP contribution in [0.4, 0.5) is 11.4 Å². The molecule has 1 aliphatic rings. The van der Waals surface area contributed by atoms with Crippen molar-refractivity contribution >= 4 is 23.2 Å². The molecule has 90 valence electrons. The fraction of sp³-hybridized carbons (Fsp3) is 0.385. The van der Waals surface area contributed by atoms with Crippen molar-refractivity contribution in [1.82, 2.24) is 0 Å². The Hall–Kier alpha value is -1.84. The van der Waals surface area contributed by atoms with Gasteiger partial charge in [-0.25, -0.2) is 4.90 Å². The number of anilines is 2. The average Bonchev–Trinajstić information content (AvgIpc) is 2.19. The van der Waals surface area contributed by atoms with Crippen LogP contribution >= 0.6 is 0 Å². The Morgan fingerprint density at radius 1 is 1.24 bits per heavy atom. The number of hydrogen-bond donors (Lipinski definition) is 1. The monoisotopic (exact) mass is 232 g/mol. The van der Waals surface area contributed by atoms with E-state index >= 15 is 0 Å². The molecule has 2 rings (SSSR count). The first-order valence-corrected chi connectivity index (χ1v) is 5.71. The zero-order valence-corrected chi connectivity index (χ0v) is 10.1. The number of piperidine rings is 1. The third kappa shape index (κ3) is 2.16. The molecule has 17 heavy (non-hydrogen) atoms. The molecule has 2 amide bonds. The summed E-state index contributed by atoms with van der Waals surface area (Å²) in [5.74, 6) is -0.202. The van der Waals surface area contributed by atoms with Crippen LogP contribution in [0, 0.1) is 12.8 Å². The molecule has 0 spiro atoms. The van der Waals surface area contributed by atoms with Gasteiger partial charge in [-0.05, 0) is 30.5 Å². The minimum Gasteiger partial charge on any atom is -0.397 e. The maximum atomic E-state index is 11.9. The highest BCUT2D eigenvalue weighted by Gasteiger charge is 2.32. The van der Waals surface area contributed by atoms with Crippen LogP contribution < -0.4 is 10.6 Å². The van der Waals surface area contributed by atoms with Crippen LogP contribution in [0.5, 0.6) is 0 Å². The van der Waals surface area contributed by atoms with Crippen LogP contribution in [0.1, 0.15) is 25.3 Å². The summed E-state index contributed by atoms with van der Waals surface area (Å²) >= 11 is 0.